The highest BCUT2D eigenvalue weighted by molar-refractivity contribution is 7.78. The van der Waals surface area contributed by atoms with E-state index in [1.165, 1.54) is 19.2 Å². The fourth-order valence-corrected chi connectivity index (χ4v) is 3.75. The van der Waals surface area contributed by atoms with E-state index in [4.69, 9.17) is 0 Å². The second kappa shape index (κ2) is 9.05. The number of halogens is 1. The highest BCUT2D eigenvalue weighted by Crippen LogP contribution is 2.34. The van der Waals surface area contributed by atoms with Crippen LogP contribution in [0.15, 0.2) is 18.2 Å². The molecule has 8 heteroatoms. The SMILES string of the molecule is CNC(=O)NC(=O)C(CC1CCCC1)c1ccc(CS(=O)[O-])c(F)c1. The maximum atomic E-state index is 14.2. The lowest BCUT2D eigenvalue weighted by Crippen LogP contribution is -2.40. The molecule has 138 valence electrons. The van der Waals surface area contributed by atoms with E-state index in [0.29, 0.717) is 17.9 Å². The lowest BCUT2D eigenvalue weighted by Gasteiger charge is -2.21. The fraction of sp³-hybridized carbons (Fsp3) is 0.529. The summed E-state index contributed by atoms with van der Waals surface area (Å²) in [4.78, 5) is 23.9. The number of benzene rings is 1. The van der Waals surface area contributed by atoms with Crippen molar-refractivity contribution in [2.75, 3.05) is 7.05 Å². The van der Waals surface area contributed by atoms with E-state index >= 15 is 0 Å². The minimum Gasteiger partial charge on any atom is -0.772 e. The molecule has 1 aromatic rings. The fourth-order valence-electron chi connectivity index (χ4n) is 3.26. The van der Waals surface area contributed by atoms with Gasteiger partial charge in [-0.3, -0.25) is 14.3 Å². The molecule has 2 atom stereocenters. The molecule has 0 aliphatic heterocycles. The Morgan fingerprint density at radius 2 is 2.04 bits per heavy atom. The van der Waals surface area contributed by atoms with Gasteiger partial charge in [-0.2, -0.15) is 0 Å². The van der Waals surface area contributed by atoms with Crippen LogP contribution in [0, 0.1) is 11.7 Å². The Labute approximate surface area is 148 Å². The zero-order valence-corrected chi connectivity index (χ0v) is 14.9. The van der Waals surface area contributed by atoms with Crippen LogP contribution in [-0.4, -0.2) is 27.7 Å². The average molecular weight is 369 g/mol. The van der Waals surface area contributed by atoms with Gasteiger partial charge in [0.1, 0.15) is 5.82 Å². The third-order valence-electron chi connectivity index (χ3n) is 4.58. The molecule has 1 saturated carbocycles. The van der Waals surface area contributed by atoms with Gasteiger partial charge in [0.2, 0.25) is 5.91 Å². The number of carbonyl (C=O) groups is 2. The predicted molar refractivity (Wildman–Crippen MR) is 90.9 cm³/mol. The minimum absolute atomic E-state index is 0.0587. The van der Waals surface area contributed by atoms with Gasteiger partial charge < -0.3 is 9.87 Å². The summed E-state index contributed by atoms with van der Waals surface area (Å²) in [6.45, 7) is 0. The third kappa shape index (κ3) is 5.61. The monoisotopic (exact) mass is 369 g/mol. The number of hydrogen-bond donors (Lipinski definition) is 2. The molecule has 1 aliphatic carbocycles. The number of nitrogens with one attached hydrogen (secondary N) is 2. The summed E-state index contributed by atoms with van der Waals surface area (Å²) < 4.78 is 35.7. The lowest BCUT2D eigenvalue weighted by molar-refractivity contribution is -0.121. The van der Waals surface area contributed by atoms with Crippen LogP contribution < -0.4 is 10.6 Å². The molecule has 2 unspecified atom stereocenters. The molecule has 0 spiro atoms. The van der Waals surface area contributed by atoms with Crippen molar-refractivity contribution in [2.24, 2.45) is 5.92 Å². The summed E-state index contributed by atoms with van der Waals surface area (Å²) in [5, 5.41) is 4.58. The summed E-state index contributed by atoms with van der Waals surface area (Å²) in [5.74, 6) is -1.85. The van der Waals surface area contributed by atoms with Crippen molar-refractivity contribution in [2.45, 2.75) is 43.8 Å². The lowest BCUT2D eigenvalue weighted by atomic mass is 9.87. The molecule has 0 aromatic heterocycles. The first-order valence-electron chi connectivity index (χ1n) is 8.27. The van der Waals surface area contributed by atoms with E-state index in [0.717, 1.165) is 25.7 Å². The molecule has 6 nitrogen and oxygen atoms in total. The largest absolute Gasteiger partial charge is 0.772 e. The summed E-state index contributed by atoms with van der Waals surface area (Å²) in [5.41, 5.74) is 0.509. The molecular weight excluding hydrogens is 347 g/mol. The summed E-state index contributed by atoms with van der Waals surface area (Å²) in [6, 6.07) is 3.54. The maximum absolute atomic E-state index is 14.2. The van der Waals surface area contributed by atoms with E-state index in [1.54, 1.807) is 6.07 Å². The van der Waals surface area contributed by atoms with E-state index in [1.807, 2.05) is 0 Å². The summed E-state index contributed by atoms with van der Waals surface area (Å²) >= 11 is -2.39. The molecule has 1 aromatic carbocycles. The number of hydrogen-bond acceptors (Lipinski definition) is 4. The van der Waals surface area contributed by atoms with Crippen LogP contribution in [0.2, 0.25) is 0 Å². The van der Waals surface area contributed by atoms with Gasteiger partial charge in [0.05, 0.1) is 5.92 Å². The molecular formula is C17H22FN2O4S-. The second-order valence-electron chi connectivity index (χ2n) is 6.31. The second-order valence-corrected chi connectivity index (χ2v) is 7.20. The highest BCUT2D eigenvalue weighted by Gasteiger charge is 2.28. The van der Waals surface area contributed by atoms with E-state index in [2.05, 4.69) is 10.6 Å². The van der Waals surface area contributed by atoms with Crippen molar-refractivity contribution in [1.82, 2.24) is 10.6 Å². The molecule has 1 fully saturated rings. The normalized spacial score (nSPS) is 17.1. The van der Waals surface area contributed by atoms with Crippen molar-refractivity contribution < 1.29 is 22.7 Å². The highest BCUT2D eigenvalue weighted by atomic mass is 32.2. The zero-order chi connectivity index (χ0) is 18.4. The van der Waals surface area contributed by atoms with Gasteiger partial charge in [-0.1, -0.05) is 48.9 Å². The van der Waals surface area contributed by atoms with Crippen LogP contribution in [0.1, 0.15) is 49.1 Å². The van der Waals surface area contributed by atoms with Crippen LogP contribution in [-0.2, 0) is 21.6 Å². The molecule has 25 heavy (non-hydrogen) atoms. The molecule has 3 amide bonds. The Hall–Kier alpha value is -1.80. The van der Waals surface area contributed by atoms with Gasteiger partial charge >= 0.3 is 6.03 Å². The van der Waals surface area contributed by atoms with E-state index < -0.39 is 40.5 Å². The predicted octanol–water partition coefficient (Wildman–Crippen LogP) is 2.32. The van der Waals surface area contributed by atoms with Gasteiger partial charge in [-0.25, -0.2) is 9.18 Å². The average Bonchev–Trinajstić information content (AvgIpc) is 3.07. The first kappa shape index (κ1) is 19.5. The van der Waals surface area contributed by atoms with Crippen LogP contribution in [0.5, 0.6) is 0 Å². The van der Waals surface area contributed by atoms with Gasteiger partial charge in [0, 0.05) is 12.8 Å². The molecule has 0 bridgehead atoms. The van der Waals surface area contributed by atoms with Gasteiger partial charge in [-0.15, -0.1) is 0 Å². The number of amides is 3. The molecule has 0 radical (unpaired) electrons. The Morgan fingerprint density at radius 1 is 1.36 bits per heavy atom. The van der Waals surface area contributed by atoms with Crippen molar-refractivity contribution in [3.05, 3.63) is 35.1 Å². The third-order valence-corrected chi connectivity index (χ3v) is 5.12. The van der Waals surface area contributed by atoms with Crippen molar-refractivity contribution >= 4 is 23.0 Å². The Morgan fingerprint density at radius 3 is 2.60 bits per heavy atom. The van der Waals surface area contributed by atoms with Crippen molar-refractivity contribution in [1.29, 1.82) is 0 Å². The molecule has 0 saturated heterocycles. The molecule has 2 N–H and O–H groups in total. The Kier molecular flexibility index (Phi) is 7.07. The molecule has 1 aliphatic rings. The van der Waals surface area contributed by atoms with Crippen LogP contribution >= 0.6 is 0 Å². The minimum atomic E-state index is -2.39. The number of carbonyl (C=O) groups excluding carboxylic acids is 2. The zero-order valence-electron chi connectivity index (χ0n) is 14.0. The van der Waals surface area contributed by atoms with Crippen LogP contribution in [0.25, 0.3) is 0 Å². The first-order chi connectivity index (χ1) is 11.9. The Balaban J connectivity index is 2.23. The van der Waals surface area contributed by atoms with Crippen LogP contribution in [0.4, 0.5) is 9.18 Å². The summed E-state index contributed by atoms with van der Waals surface area (Å²) in [6.07, 6.45) is 4.78. The molecule has 2 rings (SSSR count). The summed E-state index contributed by atoms with van der Waals surface area (Å²) in [7, 11) is 1.41. The van der Waals surface area contributed by atoms with Gasteiger partial charge in [0.25, 0.3) is 0 Å². The van der Waals surface area contributed by atoms with Gasteiger partial charge in [0.15, 0.2) is 0 Å². The van der Waals surface area contributed by atoms with E-state index in [9.17, 15) is 22.7 Å². The van der Waals surface area contributed by atoms with Crippen molar-refractivity contribution in [3.8, 4) is 0 Å². The smallest absolute Gasteiger partial charge is 0.321 e. The number of urea groups is 1. The number of rotatable bonds is 6. The molecule has 0 heterocycles. The number of imide groups is 1. The van der Waals surface area contributed by atoms with Gasteiger partial charge in [-0.05, 0) is 29.5 Å². The standard InChI is InChI=1S/C17H23FN2O4S/c1-19-17(22)20-16(21)14(8-11-4-2-3-5-11)12-6-7-13(10-25(23)24)15(18)9-12/h6-7,9,11,14H,2-5,8,10H2,1H3,(H,23,24)(H2,19,20,21,22)/p-1. The van der Waals surface area contributed by atoms with E-state index in [-0.39, 0.29) is 5.56 Å². The maximum Gasteiger partial charge on any atom is 0.321 e. The topological polar surface area (TPSA) is 98.3 Å². The van der Waals surface area contributed by atoms with Crippen molar-refractivity contribution in [3.63, 3.8) is 0 Å². The quantitative estimate of drug-likeness (QED) is 0.752. The first-order valence-corrected chi connectivity index (χ1v) is 9.52. The van der Waals surface area contributed by atoms with Crippen LogP contribution in [0.3, 0.4) is 0 Å². The Bertz CT molecular complexity index is 662.